The summed E-state index contributed by atoms with van der Waals surface area (Å²) in [5.74, 6) is 0.0890. The molecule has 5 heteroatoms. The third-order valence-electron chi connectivity index (χ3n) is 2.44. The highest BCUT2D eigenvalue weighted by Crippen LogP contribution is 2.23. The molecule has 1 aromatic heterocycles. The Morgan fingerprint density at radius 3 is 2.67 bits per heavy atom. The van der Waals surface area contributed by atoms with E-state index >= 15 is 0 Å². The molecule has 1 amide bonds. The van der Waals surface area contributed by atoms with E-state index in [0.717, 1.165) is 11.1 Å². The summed E-state index contributed by atoms with van der Waals surface area (Å²) in [6.45, 7) is 1.61. The molecule has 18 heavy (non-hydrogen) atoms. The minimum Gasteiger partial charge on any atom is -0.481 e. The lowest BCUT2D eigenvalue weighted by Gasteiger charge is -2.12. The Morgan fingerprint density at radius 2 is 2.00 bits per heavy atom. The molecule has 0 radical (unpaired) electrons. The van der Waals surface area contributed by atoms with Crippen molar-refractivity contribution in [3.05, 3.63) is 43.0 Å². The van der Waals surface area contributed by atoms with Gasteiger partial charge in [-0.2, -0.15) is 0 Å². The lowest BCUT2D eigenvalue weighted by Crippen LogP contribution is -2.30. The predicted octanol–water partition coefficient (Wildman–Crippen LogP) is 1.40. The molecule has 2 N–H and O–H groups in total. The van der Waals surface area contributed by atoms with E-state index in [-0.39, 0.29) is 0 Å². The summed E-state index contributed by atoms with van der Waals surface area (Å²) >= 11 is 0. The Balaban J connectivity index is 2.23. The van der Waals surface area contributed by atoms with Gasteiger partial charge in [0.25, 0.3) is 5.91 Å². The molecule has 1 heterocycles. The molecule has 1 aromatic carbocycles. The number of carbonyl (C=O) groups excluding carboxylic acids is 1. The smallest absolute Gasteiger partial charge is 0.258 e. The number of hydrogen-bond acceptors (Lipinski definition) is 4. The summed E-state index contributed by atoms with van der Waals surface area (Å²) in [5, 5.41) is 0. The molecule has 1 atom stereocenters. The molecule has 0 aliphatic carbocycles. The van der Waals surface area contributed by atoms with Crippen LogP contribution in [0, 0.1) is 0 Å². The summed E-state index contributed by atoms with van der Waals surface area (Å²) in [6.07, 6.45) is 4.24. The molecule has 0 bridgehead atoms. The van der Waals surface area contributed by atoms with Crippen LogP contribution in [-0.4, -0.2) is 22.0 Å². The summed E-state index contributed by atoms with van der Waals surface area (Å²) in [7, 11) is 0. The van der Waals surface area contributed by atoms with Gasteiger partial charge >= 0.3 is 0 Å². The second kappa shape index (κ2) is 5.27. The Morgan fingerprint density at radius 1 is 1.28 bits per heavy atom. The van der Waals surface area contributed by atoms with Gasteiger partial charge in [-0.15, -0.1) is 0 Å². The van der Waals surface area contributed by atoms with E-state index in [2.05, 4.69) is 9.97 Å². The maximum atomic E-state index is 10.9. The first-order chi connectivity index (χ1) is 8.66. The molecule has 0 unspecified atom stereocenters. The van der Waals surface area contributed by atoms with Gasteiger partial charge in [-0.3, -0.25) is 4.79 Å². The zero-order chi connectivity index (χ0) is 13.0. The van der Waals surface area contributed by atoms with Crippen LogP contribution in [0.1, 0.15) is 6.92 Å². The number of nitrogens with zero attached hydrogens (tertiary/aromatic N) is 2. The number of ether oxygens (including phenoxy) is 1. The Labute approximate surface area is 105 Å². The van der Waals surface area contributed by atoms with Gasteiger partial charge in [-0.05, 0) is 24.6 Å². The number of amides is 1. The molecule has 2 aromatic rings. The Hall–Kier alpha value is -2.43. The first-order valence-electron chi connectivity index (χ1n) is 5.48. The molecule has 0 saturated heterocycles. The highest BCUT2D eigenvalue weighted by Gasteiger charge is 2.10. The first kappa shape index (κ1) is 12.0. The summed E-state index contributed by atoms with van der Waals surface area (Å²) in [4.78, 5) is 18.8. The van der Waals surface area contributed by atoms with Crippen LogP contribution >= 0.6 is 0 Å². The molecular formula is C13H13N3O2. The fraction of sp³-hybridized carbons (Fsp3) is 0.154. The molecule has 0 spiro atoms. The second-order valence-corrected chi connectivity index (χ2v) is 3.82. The van der Waals surface area contributed by atoms with Crippen molar-refractivity contribution in [1.82, 2.24) is 9.97 Å². The van der Waals surface area contributed by atoms with Gasteiger partial charge in [0.2, 0.25) is 0 Å². The Bertz CT molecular complexity index is 543. The van der Waals surface area contributed by atoms with Crippen LogP contribution in [0.25, 0.3) is 11.1 Å². The summed E-state index contributed by atoms with van der Waals surface area (Å²) in [5.41, 5.74) is 6.95. The molecule has 5 nitrogen and oxygen atoms in total. The van der Waals surface area contributed by atoms with Gasteiger partial charge < -0.3 is 10.5 Å². The van der Waals surface area contributed by atoms with E-state index in [1.54, 1.807) is 25.4 Å². The molecule has 0 fully saturated rings. The number of carbonyl (C=O) groups is 1. The molecule has 2 rings (SSSR count). The maximum Gasteiger partial charge on any atom is 0.258 e. The number of benzene rings is 1. The second-order valence-electron chi connectivity index (χ2n) is 3.82. The number of primary amides is 1. The van der Waals surface area contributed by atoms with E-state index in [0.29, 0.717) is 5.75 Å². The molecule has 0 saturated carbocycles. The van der Waals surface area contributed by atoms with E-state index in [1.165, 1.54) is 6.33 Å². The average Bonchev–Trinajstić information content (AvgIpc) is 2.40. The van der Waals surface area contributed by atoms with Gasteiger partial charge in [0.1, 0.15) is 12.1 Å². The van der Waals surface area contributed by atoms with E-state index in [9.17, 15) is 4.79 Å². The lowest BCUT2D eigenvalue weighted by atomic mass is 10.1. The zero-order valence-corrected chi connectivity index (χ0v) is 9.91. The summed E-state index contributed by atoms with van der Waals surface area (Å²) < 4.78 is 5.42. The van der Waals surface area contributed by atoms with Crippen LogP contribution in [0.2, 0.25) is 0 Å². The topological polar surface area (TPSA) is 78.1 Å². The van der Waals surface area contributed by atoms with Crippen LogP contribution in [0.5, 0.6) is 5.75 Å². The number of rotatable bonds is 4. The van der Waals surface area contributed by atoms with Gasteiger partial charge in [0.15, 0.2) is 6.10 Å². The maximum absolute atomic E-state index is 10.9. The molecule has 0 aliphatic heterocycles. The van der Waals surface area contributed by atoms with E-state index < -0.39 is 12.0 Å². The highest BCUT2D eigenvalue weighted by atomic mass is 16.5. The minimum atomic E-state index is -0.660. The molecule has 92 valence electrons. The standard InChI is InChI=1S/C13H13N3O2/c1-9(13(14)17)18-12-4-2-3-10(5-12)11-6-15-8-16-7-11/h2-9H,1H3,(H2,14,17)/t9-/m1/s1. The highest BCUT2D eigenvalue weighted by molar-refractivity contribution is 5.78. The fourth-order valence-corrected chi connectivity index (χ4v) is 1.46. The minimum absolute atomic E-state index is 0.497. The fourth-order valence-electron chi connectivity index (χ4n) is 1.46. The van der Waals surface area contributed by atoms with Crippen molar-refractivity contribution in [1.29, 1.82) is 0 Å². The van der Waals surface area contributed by atoms with Crippen molar-refractivity contribution >= 4 is 5.91 Å². The zero-order valence-electron chi connectivity index (χ0n) is 9.91. The lowest BCUT2D eigenvalue weighted by molar-refractivity contribution is -0.123. The van der Waals surface area contributed by atoms with Crippen molar-refractivity contribution in [3.8, 4) is 16.9 Å². The van der Waals surface area contributed by atoms with Gasteiger partial charge in [-0.25, -0.2) is 9.97 Å². The largest absolute Gasteiger partial charge is 0.481 e. The quantitative estimate of drug-likeness (QED) is 0.880. The van der Waals surface area contributed by atoms with Crippen LogP contribution < -0.4 is 10.5 Å². The van der Waals surface area contributed by atoms with E-state index in [4.69, 9.17) is 10.5 Å². The van der Waals surface area contributed by atoms with Crippen molar-refractivity contribution in [2.24, 2.45) is 5.73 Å². The predicted molar refractivity (Wildman–Crippen MR) is 66.8 cm³/mol. The van der Waals surface area contributed by atoms with Crippen LogP contribution in [0.4, 0.5) is 0 Å². The number of hydrogen-bond donors (Lipinski definition) is 1. The number of aromatic nitrogens is 2. The third-order valence-corrected chi connectivity index (χ3v) is 2.44. The van der Waals surface area contributed by atoms with Crippen LogP contribution in [0.3, 0.4) is 0 Å². The van der Waals surface area contributed by atoms with Gasteiger partial charge in [0.05, 0.1) is 0 Å². The van der Waals surface area contributed by atoms with Gasteiger partial charge in [0, 0.05) is 18.0 Å². The molecular weight excluding hydrogens is 230 g/mol. The SMILES string of the molecule is C[C@@H](Oc1cccc(-c2cncnc2)c1)C(N)=O. The first-order valence-corrected chi connectivity index (χ1v) is 5.48. The average molecular weight is 243 g/mol. The van der Waals surface area contributed by atoms with Crippen molar-refractivity contribution in [2.45, 2.75) is 13.0 Å². The van der Waals surface area contributed by atoms with Gasteiger partial charge in [-0.1, -0.05) is 12.1 Å². The van der Waals surface area contributed by atoms with Crippen LogP contribution in [0.15, 0.2) is 43.0 Å². The normalized spacial score (nSPS) is 11.8. The van der Waals surface area contributed by atoms with E-state index in [1.807, 2.05) is 18.2 Å². The summed E-state index contributed by atoms with van der Waals surface area (Å²) in [6, 6.07) is 7.34. The van der Waals surface area contributed by atoms with Crippen molar-refractivity contribution in [2.75, 3.05) is 0 Å². The molecule has 0 aliphatic rings. The van der Waals surface area contributed by atoms with Crippen molar-refractivity contribution in [3.63, 3.8) is 0 Å². The Kier molecular flexibility index (Phi) is 3.52. The van der Waals surface area contributed by atoms with Crippen molar-refractivity contribution < 1.29 is 9.53 Å². The number of nitrogens with two attached hydrogens (primary N) is 1. The monoisotopic (exact) mass is 243 g/mol. The third kappa shape index (κ3) is 2.82. The van der Waals surface area contributed by atoms with Crippen LogP contribution in [-0.2, 0) is 4.79 Å².